The molecular formula is C27H20Br2O2. The van der Waals surface area contributed by atoms with Gasteiger partial charge in [0.2, 0.25) is 0 Å². The third kappa shape index (κ3) is 6.09. The zero-order valence-electron chi connectivity index (χ0n) is 16.6. The minimum absolute atomic E-state index is 0.0445. The number of carbonyl (C=O) groups is 2. The average molecular weight is 536 g/mol. The first-order valence-corrected chi connectivity index (χ1v) is 11.3. The molecule has 4 heteroatoms. The van der Waals surface area contributed by atoms with Gasteiger partial charge in [-0.15, -0.1) is 0 Å². The van der Waals surface area contributed by atoms with Crippen LogP contribution in [0.5, 0.6) is 0 Å². The summed E-state index contributed by atoms with van der Waals surface area (Å²) in [4.78, 5) is 23.3. The molecule has 0 bridgehead atoms. The third-order valence-electron chi connectivity index (χ3n) is 4.69. The van der Waals surface area contributed by atoms with Gasteiger partial charge in [0.25, 0.3) is 0 Å². The van der Waals surface area contributed by atoms with Crippen LogP contribution in [0.4, 0.5) is 0 Å². The Labute approximate surface area is 199 Å². The lowest BCUT2D eigenvalue weighted by Gasteiger charge is -2.12. The van der Waals surface area contributed by atoms with Gasteiger partial charge in [0.1, 0.15) is 6.29 Å². The molecule has 0 aliphatic rings. The van der Waals surface area contributed by atoms with Gasteiger partial charge in [0.15, 0.2) is 5.78 Å². The van der Waals surface area contributed by atoms with E-state index in [-0.39, 0.29) is 11.7 Å². The summed E-state index contributed by atoms with van der Waals surface area (Å²) in [6, 6.07) is 34.3. The first-order valence-electron chi connectivity index (χ1n) is 9.70. The van der Waals surface area contributed by atoms with Crippen LogP contribution in [0, 0.1) is 0 Å². The highest BCUT2D eigenvalue weighted by molar-refractivity contribution is 9.10. The van der Waals surface area contributed by atoms with Crippen LogP contribution >= 0.6 is 31.9 Å². The van der Waals surface area contributed by atoms with E-state index in [0.29, 0.717) is 11.1 Å². The lowest BCUT2D eigenvalue weighted by molar-refractivity contribution is -0.108. The van der Waals surface area contributed by atoms with E-state index in [4.69, 9.17) is 0 Å². The molecule has 0 radical (unpaired) electrons. The SMILES string of the molecule is O=C(c1ccccc1)c1ccccc1Br.O=CC(c1ccccc1)c1ccccc1Br. The van der Waals surface area contributed by atoms with Crippen molar-refractivity contribution in [1.82, 2.24) is 0 Å². The molecule has 154 valence electrons. The highest BCUT2D eigenvalue weighted by Gasteiger charge is 2.15. The number of aldehydes is 1. The molecule has 1 unspecified atom stereocenters. The molecule has 1 atom stereocenters. The first-order chi connectivity index (χ1) is 15.1. The molecule has 4 rings (SSSR count). The van der Waals surface area contributed by atoms with E-state index in [1.165, 1.54) is 0 Å². The number of hydrogen-bond donors (Lipinski definition) is 0. The Hall–Kier alpha value is -2.82. The number of halogens is 2. The molecule has 31 heavy (non-hydrogen) atoms. The average Bonchev–Trinajstić information content (AvgIpc) is 2.82. The summed E-state index contributed by atoms with van der Waals surface area (Å²) in [5.74, 6) is -0.153. The summed E-state index contributed by atoms with van der Waals surface area (Å²) in [7, 11) is 0. The predicted molar refractivity (Wildman–Crippen MR) is 133 cm³/mol. The number of ketones is 1. The van der Waals surface area contributed by atoms with Crippen LogP contribution < -0.4 is 0 Å². The van der Waals surface area contributed by atoms with E-state index in [1.807, 2.05) is 109 Å². The molecule has 0 spiro atoms. The Bertz CT molecular complexity index is 1140. The number of benzene rings is 4. The van der Waals surface area contributed by atoms with Crippen molar-refractivity contribution in [2.75, 3.05) is 0 Å². The first kappa shape index (κ1) is 22.9. The number of carbonyl (C=O) groups excluding carboxylic acids is 2. The van der Waals surface area contributed by atoms with Crippen LogP contribution in [0.25, 0.3) is 0 Å². The fourth-order valence-corrected chi connectivity index (χ4v) is 4.11. The maximum absolute atomic E-state index is 12.0. The highest BCUT2D eigenvalue weighted by Crippen LogP contribution is 2.28. The van der Waals surface area contributed by atoms with Gasteiger partial charge in [0.05, 0.1) is 5.92 Å². The Kier molecular flexibility index (Phi) is 8.51. The molecule has 0 saturated heterocycles. The largest absolute Gasteiger partial charge is 0.302 e. The Morgan fingerprint density at radius 2 is 1.16 bits per heavy atom. The van der Waals surface area contributed by atoms with Gasteiger partial charge < -0.3 is 4.79 Å². The lowest BCUT2D eigenvalue weighted by atomic mass is 9.93. The van der Waals surface area contributed by atoms with Crippen LogP contribution in [0.2, 0.25) is 0 Å². The van der Waals surface area contributed by atoms with Crippen molar-refractivity contribution in [2.24, 2.45) is 0 Å². The van der Waals surface area contributed by atoms with Gasteiger partial charge in [-0.1, -0.05) is 123 Å². The predicted octanol–water partition coefficient (Wildman–Crippen LogP) is 7.46. The van der Waals surface area contributed by atoms with Gasteiger partial charge in [-0.3, -0.25) is 4.79 Å². The standard InChI is InChI=1S/C14H11BrO.C13H9BrO/c15-14-9-5-4-8-12(14)13(10-16)11-6-2-1-3-7-11;14-12-9-5-4-8-11(12)13(15)10-6-2-1-3-7-10/h1-10,13H;1-9H. The Morgan fingerprint density at radius 3 is 1.74 bits per heavy atom. The summed E-state index contributed by atoms with van der Waals surface area (Å²) in [6.45, 7) is 0. The summed E-state index contributed by atoms with van der Waals surface area (Å²) in [5.41, 5.74) is 3.43. The van der Waals surface area contributed by atoms with Crippen LogP contribution in [0.3, 0.4) is 0 Å². The van der Waals surface area contributed by atoms with Gasteiger partial charge in [-0.2, -0.15) is 0 Å². The third-order valence-corrected chi connectivity index (χ3v) is 6.10. The molecule has 0 amide bonds. The van der Waals surface area contributed by atoms with E-state index in [1.54, 1.807) is 0 Å². The second-order valence-electron chi connectivity index (χ2n) is 6.72. The maximum atomic E-state index is 12.0. The van der Waals surface area contributed by atoms with Crippen LogP contribution in [0.15, 0.2) is 118 Å². The van der Waals surface area contributed by atoms with Crippen molar-refractivity contribution in [3.05, 3.63) is 140 Å². The summed E-state index contributed by atoms with van der Waals surface area (Å²) < 4.78 is 1.80. The smallest absolute Gasteiger partial charge is 0.194 e. The second-order valence-corrected chi connectivity index (χ2v) is 8.43. The van der Waals surface area contributed by atoms with E-state index >= 15 is 0 Å². The highest BCUT2D eigenvalue weighted by atomic mass is 79.9. The summed E-state index contributed by atoms with van der Waals surface area (Å²) in [6.07, 6.45) is 0.982. The van der Waals surface area contributed by atoms with Crippen molar-refractivity contribution in [3.8, 4) is 0 Å². The van der Waals surface area contributed by atoms with Gasteiger partial charge in [-0.25, -0.2) is 0 Å². The van der Waals surface area contributed by atoms with E-state index in [0.717, 1.165) is 26.4 Å². The molecule has 4 aromatic carbocycles. The fourth-order valence-electron chi connectivity index (χ4n) is 3.11. The zero-order chi connectivity index (χ0) is 22.1. The fraction of sp³-hybridized carbons (Fsp3) is 0.0370. The maximum Gasteiger partial charge on any atom is 0.194 e. The summed E-state index contributed by atoms with van der Waals surface area (Å²) >= 11 is 6.85. The zero-order valence-corrected chi connectivity index (χ0v) is 19.8. The number of hydrogen-bond acceptors (Lipinski definition) is 2. The Morgan fingerprint density at radius 1 is 0.645 bits per heavy atom. The van der Waals surface area contributed by atoms with E-state index in [9.17, 15) is 9.59 Å². The van der Waals surface area contributed by atoms with Crippen molar-refractivity contribution in [3.63, 3.8) is 0 Å². The van der Waals surface area contributed by atoms with Crippen molar-refractivity contribution in [1.29, 1.82) is 0 Å². The van der Waals surface area contributed by atoms with Crippen molar-refractivity contribution >= 4 is 43.9 Å². The van der Waals surface area contributed by atoms with Crippen LogP contribution in [-0.2, 0) is 4.79 Å². The molecule has 0 aliphatic carbocycles. The van der Waals surface area contributed by atoms with Crippen LogP contribution in [0.1, 0.15) is 33.0 Å². The molecule has 0 aliphatic heterocycles. The molecule has 0 fully saturated rings. The molecule has 0 aromatic heterocycles. The molecular weight excluding hydrogens is 516 g/mol. The Balaban J connectivity index is 0.000000176. The molecule has 2 nitrogen and oxygen atoms in total. The molecule has 0 saturated carbocycles. The van der Waals surface area contributed by atoms with Gasteiger partial charge in [-0.05, 0) is 29.3 Å². The van der Waals surface area contributed by atoms with E-state index in [2.05, 4.69) is 31.9 Å². The minimum atomic E-state index is -0.197. The summed E-state index contributed by atoms with van der Waals surface area (Å²) in [5, 5.41) is 0. The van der Waals surface area contributed by atoms with Crippen molar-refractivity contribution < 1.29 is 9.59 Å². The van der Waals surface area contributed by atoms with Gasteiger partial charge >= 0.3 is 0 Å². The molecule has 0 N–H and O–H groups in total. The normalized spacial score (nSPS) is 11.0. The lowest BCUT2D eigenvalue weighted by Crippen LogP contribution is -2.02. The molecule has 0 heterocycles. The van der Waals surface area contributed by atoms with Crippen LogP contribution in [-0.4, -0.2) is 12.1 Å². The van der Waals surface area contributed by atoms with Crippen molar-refractivity contribution in [2.45, 2.75) is 5.92 Å². The van der Waals surface area contributed by atoms with Gasteiger partial charge in [0, 0.05) is 20.1 Å². The second kappa shape index (κ2) is 11.5. The monoisotopic (exact) mass is 534 g/mol. The quantitative estimate of drug-likeness (QED) is 0.196. The minimum Gasteiger partial charge on any atom is -0.302 e. The molecule has 4 aromatic rings. The number of rotatable bonds is 5. The topological polar surface area (TPSA) is 34.1 Å². The van der Waals surface area contributed by atoms with E-state index < -0.39 is 0 Å².